The average molecular weight is 541 g/mol. The van der Waals surface area contributed by atoms with Crippen LogP contribution in [0.3, 0.4) is 0 Å². The number of piperazine rings is 1. The van der Waals surface area contributed by atoms with Gasteiger partial charge in [-0.25, -0.2) is 0 Å². The van der Waals surface area contributed by atoms with Crippen LogP contribution in [-0.2, 0) is 19.1 Å². The Morgan fingerprint density at radius 1 is 1.10 bits per heavy atom. The largest absolute Gasteiger partial charge is 0.374 e. The molecule has 3 heterocycles. The van der Waals surface area contributed by atoms with Crippen molar-refractivity contribution in [1.82, 2.24) is 9.80 Å². The summed E-state index contributed by atoms with van der Waals surface area (Å²) in [4.78, 5) is 46.7. The van der Waals surface area contributed by atoms with Gasteiger partial charge in [-0.3, -0.25) is 19.3 Å². The number of amides is 2. The summed E-state index contributed by atoms with van der Waals surface area (Å²) in [5, 5.41) is 0. The van der Waals surface area contributed by atoms with Crippen molar-refractivity contribution in [3.63, 3.8) is 0 Å². The topological polar surface area (TPSA) is 105 Å². The van der Waals surface area contributed by atoms with Crippen LogP contribution in [0, 0.1) is 5.92 Å². The van der Waals surface area contributed by atoms with Crippen LogP contribution in [0.15, 0.2) is 18.2 Å². The number of primary amides is 1. The molecule has 0 aromatic heterocycles. The maximum atomic E-state index is 14.6. The number of benzene rings is 1. The molecule has 0 radical (unpaired) electrons. The number of carbonyl (C=O) groups excluding carboxylic acids is 3. The molecular formula is C30H44N4O5. The van der Waals surface area contributed by atoms with E-state index in [1.807, 2.05) is 19.1 Å². The third kappa shape index (κ3) is 5.58. The van der Waals surface area contributed by atoms with Crippen molar-refractivity contribution in [3.05, 3.63) is 29.3 Å². The molecule has 4 aliphatic rings. The summed E-state index contributed by atoms with van der Waals surface area (Å²) >= 11 is 0. The van der Waals surface area contributed by atoms with E-state index in [2.05, 4.69) is 23.6 Å². The lowest BCUT2D eigenvalue weighted by Crippen LogP contribution is -2.49. The lowest BCUT2D eigenvalue weighted by molar-refractivity contribution is -0.139. The van der Waals surface area contributed by atoms with Gasteiger partial charge in [0.25, 0.3) is 0 Å². The smallest absolute Gasteiger partial charge is 0.249 e. The number of nitrogens with two attached hydrogens (primary N) is 1. The van der Waals surface area contributed by atoms with Crippen molar-refractivity contribution in [2.24, 2.45) is 11.7 Å². The van der Waals surface area contributed by atoms with Crippen LogP contribution in [0.5, 0.6) is 0 Å². The van der Waals surface area contributed by atoms with Crippen LogP contribution in [0.2, 0.25) is 0 Å². The number of ether oxygens (including phenoxy) is 2. The van der Waals surface area contributed by atoms with Gasteiger partial charge in [0.1, 0.15) is 24.9 Å². The fraction of sp³-hybridized carbons (Fsp3) is 0.700. The highest BCUT2D eigenvalue weighted by Gasteiger charge is 2.54. The minimum absolute atomic E-state index is 0.00115. The summed E-state index contributed by atoms with van der Waals surface area (Å²) in [7, 11) is 0. The van der Waals surface area contributed by atoms with E-state index in [1.165, 1.54) is 0 Å². The van der Waals surface area contributed by atoms with E-state index in [0.717, 1.165) is 64.0 Å². The molecule has 0 spiro atoms. The van der Waals surface area contributed by atoms with Gasteiger partial charge < -0.3 is 25.0 Å². The van der Waals surface area contributed by atoms with Gasteiger partial charge in [-0.2, -0.15) is 0 Å². The van der Waals surface area contributed by atoms with Gasteiger partial charge in [0.15, 0.2) is 5.78 Å². The first-order valence-electron chi connectivity index (χ1n) is 14.8. The van der Waals surface area contributed by atoms with Gasteiger partial charge >= 0.3 is 0 Å². The first-order valence-corrected chi connectivity index (χ1v) is 14.8. The maximum absolute atomic E-state index is 14.6. The van der Waals surface area contributed by atoms with Crippen molar-refractivity contribution in [2.75, 3.05) is 50.8 Å². The summed E-state index contributed by atoms with van der Waals surface area (Å²) in [5.74, 6) is -1.17. The van der Waals surface area contributed by atoms with Gasteiger partial charge in [-0.05, 0) is 63.3 Å². The van der Waals surface area contributed by atoms with Crippen LogP contribution in [0.25, 0.3) is 0 Å². The van der Waals surface area contributed by atoms with Crippen LogP contribution in [0.1, 0.15) is 74.7 Å². The number of rotatable bonds is 8. The van der Waals surface area contributed by atoms with E-state index >= 15 is 0 Å². The molecule has 2 amide bonds. The molecule has 2 N–H and O–H groups in total. The lowest BCUT2D eigenvalue weighted by atomic mass is 9.74. The van der Waals surface area contributed by atoms with Gasteiger partial charge in [0.2, 0.25) is 11.8 Å². The Bertz CT molecular complexity index is 1060. The van der Waals surface area contributed by atoms with Crippen molar-refractivity contribution in [2.45, 2.75) is 83.1 Å². The van der Waals surface area contributed by atoms with Crippen molar-refractivity contribution in [3.8, 4) is 0 Å². The molecule has 0 unspecified atom stereocenters. The van der Waals surface area contributed by atoms with E-state index in [-0.39, 0.29) is 30.3 Å². The summed E-state index contributed by atoms with van der Waals surface area (Å²) in [6.07, 6.45) is 4.29. The zero-order chi connectivity index (χ0) is 27.7. The molecule has 1 saturated carbocycles. The second kappa shape index (κ2) is 11.9. The van der Waals surface area contributed by atoms with Crippen molar-refractivity contribution < 1.29 is 23.9 Å². The maximum Gasteiger partial charge on any atom is 0.249 e. The third-order valence-electron chi connectivity index (χ3n) is 9.23. The molecule has 3 saturated heterocycles. The molecule has 4 fully saturated rings. The Hall–Kier alpha value is -2.49. The van der Waals surface area contributed by atoms with Crippen LogP contribution >= 0.6 is 0 Å². The highest BCUT2D eigenvalue weighted by molar-refractivity contribution is 5.99. The van der Waals surface area contributed by atoms with Gasteiger partial charge in [0, 0.05) is 50.1 Å². The number of carbonyl (C=O) groups is 3. The Labute approximate surface area is 231 Å². The molecule has 214 valence electrons. The lowest BCUT2D eigenvalue weighted by Gasteiger charge is -2.39. The van der Waals surface area contributed by atoms with E-state index in [4.69, 9.17) is 15.2 Å². The van der Waals surface area contributed by atoms with Crippen molar-refractivity contribution in [1.29, 1.82) is 0 Å². The number of anilines is 1. The van der Waals surface area contributed by atoms with E-state index < -0.39 is 24.0 Å². The number of fused-ring (bicyclic) bond motifs is 1. The van der Waals surface area contributed by atoms with E-state index in [0.29, 0.717) is 30.3 Å². The molecule has 4 atom stereocenters. The number of likely N-dealkylation sites (tertiary alicyclic amines) is 1. The normalized spacial score (nSPS) is 27.3. The number of nitrogens with zero attached hydrogens (tertiary/aromatic N) is 3. The number of Topliss-reactive ketones (excluding diaryl/α,β-unsaturated/α-hetero) is 1. The second-order valence-electron chi connectivity index (χ2n) is 11.8. The predicted molar refractivity (Wildman–Crippen MR) is 149 cm³/mol. The monoisotopic (exact) mass is 540 g/mol. The molecule has 1 aromatic rings. The fourth-order valence-electron chi connectivity index (χ4n) is 7.16. The second-order valence-corrected chi connectivity index (χ2v) is 11.8. The highest BCUT2D eigenvalue weighted by Crippen LogP contribution is 2.42. The molecule has 5 rings (SSSR count). The van der Waals surface area contributed by atoms with Crippen LogP contribution in [0.4, 0.5) is 5.69 Å². The van der Waals surface area contributed by atoms with Crippen LogP contribution in [-0.4, -0.2) is 97.6 Å². The molecule has 0 bridgehead atoms. The standard InChI is InChI=1S/C30H44N4O5/c1-4-38-25-17-34(27-24(35)18-39-28(25)27)30(37)26(20-8-6-5-7-9-20)23-16-21(10-11-22(23)29(31)36)33-14-12-32(13-15-33)19(2)3/h10-11,16,19-20,25-28H,4-9,12-15,17-18H2,1-3H3,(H2,31,36)/t25-,26-,27+,28+/m0/s1. The third-order valence-corrected chi connectivity index (χ3v) is 9.23. The molecule has 1 aliphatic carbocycles. The summed E-state index contributed by atoms with van der Waals surface area (Å²) in [6.45, 7) is 10.8. The Morgan fingerprint density at radius 2 is 1.82 bits per heavy atom. The minimum atomic E-state index is -0.635. The van der Waals surface area contributed by atoms with E-state index in [1.54, 1.807) is 11.0 Å². The molecule has 39 heavy (non-hydrogen) atoms. The highest BCUT2D eigenvalue weighted by atomic mass is 16.6. The summed E-state index contributed by atoms with van der Waals surface area (Å²) < 4.78 is 11.7. The summed E-state index contributed by atoms with van der Waals surface area (Å²) in [6, 6.07) is 5.65. The zero-order valence-corrected chi connectivity index (χ0v) is 23.6. The van der Waals surface area contributed by atoms with E-state index in [9.17, 15) is 14.4 Å². The SMILES string of the molecule is CCO[C@H]1CN(C(=O)[C@H](c2cc(N3CCN(C(C)C)CC3)ccc2C(N)=O)C2CCCCC2)[C@@H]2C(=O)CO[C@H]12. The Morgan fingerprint density at radius 3 is 2.46 bits per heavy atom. The minimum Gasteiger partial charge on any atom is -0.374 e. The molecule has 3 aliphatic heterocycles. The van der Waals surface area contributed by atoms with Crippen molar-refractivity contribution >= 4 is 23.3 Å². The molecule has 1 aromatic carbocycles. The number of hydrogen-bond donors (Lipinski definition) is 1. The Kier molecular flexibility index (Phi) is 8.59. The van der Waals surface area contributed by atoms with Gasteiger partial charge in [-0.15, -0.1) is 0 Å². The molecule has 9 heteroatoms. The zero-order valence-electron chi connectivity index (χ0n) is 23.6. The number of ketones is 1. The number of hydrogen-bond acceptors (Lipinski definition) is 7. The summed E-state index contributed by atoms with van der Waals surface area (Å²) in [5.41, 5.74) is 8.02. The molecular weight excluding hydrogens is 496 g/mol. The average Bonchev–Trinajstić information content (AvgIpc) is 3.50. The first-order chi connectivity index (χ1) is 18.8. The quantitative estimate of drug-likeness (QED) is 0.540. The van der Waals surface area contributed by atoms with Gasteiger partial charge in [-0.1, -0.05) is 19.3 Å². The van der Waals surface area contributed by atoms with Crippen LogP contribution < -0.4 is 10.6 Å². The Balaban J connectivity index is 1.51. The predicted octanol–water partition coefficient (Wildman–Crippen LogP) is 2.56. The molecule has 9 nitrogen and oxygen atoms in total. The fourth-order valence-corrected chi connectivity index (χ4v) is 7.16. The van der Waals surface area contributed by atoms with Gasteiger partial charge in [0.05, 0.1) is 12.5 Å². The first kappa shape index (κ1) is 28.1.